The van der Waals surface area contributed by atoms with Crippen LogP contribution in [0.5, 0.6) is 0 Å². The maximum Gasteiger partial charge on any atom is 0.416 e. The number of rotatable bonds is 11. The molecule has 2 aliphatic rings. The van der Waals surface area contributed by atoms with Gasteiger partial charge < -0.3 is 40.3 Å². The molecule has 6 N–H and O–H groups in total. The first kappa shape index (κ1) is 42.1. The molecule has 0 spiro atoms. The molecule has 1 aromatic heterocycles. The molecule has 1 aromatic carbocycles. The molecule has 286 valence electrons. The predicted molar refractivity (Wildman–Crippen MR) is 178 cm³/mol. The minimum Gasteiger partial charge on any atom is -0.479 e. The zero-order chi connectivity index (χ0) is 38.3. The van der Waals surface area contributed by atoms with Crippen LogP contribution in [0.1, 0.15) is 65.6 Å². The number of carbonyl (C=O) groups is 2. The first-order chi connectivity index (χ1) is 23.9. The van der Waals surface area contributed by atoms with Crippen LogP contribution in [0.3, 0.4) is 0 Å². The van der Waals surface area contributed by atoms with Crippen LogP contribution < -0.4 is 0 Å². The van der Waals surface area contributed by atoms with Crippen molar-refractivity contribution in [1.29, 1.82) is 0 Å². The summed E-state index contributed by atoms with van der Waals surface area (Å²) in [6, 6.07) is 5.52. The third-order valence-corrected chi connectivity index (χ3v) is 9.87. The number of methoxy groups -OCH3 is 1. The molecule has 2 aromatic rings. The molecule has 3 heterocycles. The number of aromatic nitrogens is 2. The lowest BCUT2D eigenvalue weighted by molar-refractivity contribution is -0.164. The Morgan fingerprint density at radius 3 is 2.02 bits per heavy atom. The number of hydrogen-bond donors (Lipinski definition) is 6. The fourth-order valence-corrected chi connectivity index (χ4v) is 6.60. The van der Waals surface area contributed by atoms with Crippen molar-refractivity contribution in [2.75, 3.05) is 53.0 Å². The number of aryl methyl sites for hydroxylation is 2. The first-order valence-electron chi connectivity index (χ1n) is 16.7. The standard InChI is InChI=1S/C28H38F3N5O2.C6H12O7/c1-19-16-35(14-15-36(19)24(17-38-5)22-6-8-23(9-7-22)28(29,30)31)27(4)10-12-34(13-11-27)26(37)25-20(2)32-18-33-21(25)3;7-1-2(8)3(9)4(10)5(11)6(12)13/h6-9,18-19,24H,10-17H2,1-5H3;2-5,7-11H,1H2,(H,12,13)/t19-,24-;/m0./s1. The van der Waals surface area contributed by atoms with Gasteiger partial charge in [0, 0.05) is 51.4 Å². The number of aliphatic carboxylic acids is 1. The van der Waals surface area contributed by atoms with Gasteiger partial charge in [-0.1, -0.05) is 12.1 Å². The summed E-state index contributed by atoms with van der Waals surface area (Å²) in [7, 11) is 1.62. The number of likely N-dealkylation sites (tertiary alicyclic amines) is 1. The van der Waals surface area contributed by atoms with Crippen molar-refractivity contribution >= 4 is 11.9 Å². The van der Waals surface area contributed by atoms with Crippen molar-refractivity contribution in [3.8, 4) is 0 Å². The average Bonchev–Trinajstić information content (AvgIpc) is 3.09. The van der Waals surface area contributed by atoms with Crippen LogP contribution in [-0.4, -0.2) is 156 Å². The molecule has 0 aliphatic carbocycles. The van der Waals surface area contributed by atoms with E-state index in [1.54, 1.807) is 19.2 Å². The number of aliphatic hydroxyl groups is 5. The van der Waals surface area contributed by atoms with Crippen molar-refractivity contribution in [2.45, 2.75) is 88.8 Å². The fraction of sp³-hybridized carbons (Fsp3) is 0.647. The van der Waals surface area contributed by atoms with Gasteiger partial charge in [-0.2, -0.15) is 13.2 Å². The summed E-state index contributed by atoms with van der Waals surface area (Å²) in [6.07, 6.45) is -8.95. The van der Waals surface area contributed by atoms with Gasteiger partial charge in [0.15, 0.2) is 6.10 Å². The predicted octanol–water partition coefficient (Wildman–Crippen LogP) is 1.01. The molecule has 2 fully saturated rings. The summed E-state index contributed by atoms with van der Waals surface area (Å²) in [5.41, 5.74) is 2.18. The van der Waals surface area contributed by atoms with Crippen LogP contribution in [0.25, 0.3) is 0 Å². The van der Waals surface area contributed by atoms with E-state index < -0.39 is 48.7 Å². The van der Waals surface area contributed by atoms with E-state index in [2.05, 4.69) is 33.6 Å². The van der Waals surface area contributed by atoms with Gasteiger partial charge in [-0.15, -0.1) is 0 Å². The highest BCUT2D eigenvalue weighted by Gasteiger charge is 2.42. The second-order valence-electron chi connectivity index (χ2n) is 13.3. The maximum atomic E-state index is 13.2. The molecule has 0 bridgehead atoms. The van der Waals surface area contributed by atoms with Gasteiger partial charge in [0.2, 0.25) is 0 Å². The molecule has 4 rings (SSSR count). The number of aliphatic hydroxyl groups excluding tert-OH is 5. The monoisotopic (exact) mass is 729 g/mol. The van der Waals surface area contributed by atoms with E-state index in [1.807, 2.05) is 18.7 Å². The Balaban J connectivity index is 0.000000460. The highest BCUT2D eigenvalue weighted by Crippen LogP contribution is 2.35. The van der Waals surface area contributed by atoms with E-state index >= 15 is 0 Å². The Morgan fingerprint density at radius 2 is 1.55 bits per heavy atom. The molecule has 2 saturated heterocycles. The van der Waals surface area contributed by atoms with Crippen molar-refractivity contribution in [3.63, 3.8) is 0 Å². The largest absolute Gasteiger partial charge is 0.479 e. The molecule has 0 saturated carbocycles. The second kappa shape index (κ2) is 18.0. The summed E-state index contributed by atoms with van der Waals surface area (Å²) in [6.45, 7) is 11.5. The van der Waals surface area contributed by atoms with E-state index in [0.717, 1.165) is 50.2 Å². The number of amides is 1. The molecule has 0 radical (unpaired) electrons. The molecule has 17 heteroatoms. The third-order valence-electron chi connectivity index (χ3n) is 9.87. The Morgan fingerprint density at radius 1 is 0.980 bits per heavy atom. The Hall–Kier alpha value is -3.29. The number of ether oxygens (including phenoxy) is 1. The maximum absolute atomic E-state index is 13.2. The molecule has 4 unspecified atom stereocenters. The highest BCUT2D eigenvalue weighted by molar-refractivity contribution is 5.96. The summed E-state index contributed by atoms with van der Waals surface area (Å²) >= 11 is 0. The van der Waals surface area contributed by atoms with E-state index in [1.165, 1.54) is 6.33 Å². The lowest BCUT2D eigenvalue weighted by Gasteiger charge is -2.52. The number of piperazine rings is 1. The van der Waals surface area contributed by atoms with Crippen LogP contribution >= 0.6 is 0 Å². The zero-order valence-corrected chi connectivity index (χ0v) is 29.5. The summed E-state index contributed by atoms with van der Waals surface area (Å²) in [5, 5.41) is 51.8. The summed E-state index contributed by atoms with van der Waals surface area (Å²) in [5.74, 6) is -1.73. The number of alkyl halides is 3. The number of nitrogens with zero attached hydrogens (tertiary/aromatic N) is 5. The van der Waals surface area contributed by atoms with Crippen molar-refractivity contribution in [3.05, 3.63) is 58.7 Å². The lowest BCUT2D eigenvalue weighted by atomic mass is 9.86. The zero-order valence-electron chi connectivity index (χ0n) is 29.5. The Kier molecular flexibility index (Phi) is 14.8. The van der Waals surface area contributed by atoms with Crippen molar-refractivity contribution in [1.82, 2.24) is 24.7 Å². The second-order valence-corrected chi connectivity index (χ2v) is 13.3. The summed E-state index contributed by atoms with van der Waals surface area (Å²) in [4.78, 5) is 38.5. The van der Waals surface area contributed by atoms with Gasteiger partial charge in [0.25, 0.3) is 5.91 Å². The van der Waals surface area contributed by atoms with Crippen LogP contribution in [0.4, 0.5) is 13.2 Å². The number of carboxylic acids is 1. The van der Waals surface area contributed by atoms with Gasteiger partial charge in [-0.05, 0) is 58.2 Å². The third kappa shape index (κ3) is 10.4. The quantitative estimate of drug-likeness (QED) is 0.192. The van der Waals surface area contributed by atoms with E-state index in [4.69, 9.17) is 35.4 Å². The molecule has 1 amide bonds. The Labute approximate surface area is 295 Å². The number of carbonyl (C=O) groups excluding carboxylic acids is 1. The van der Waals surface area contributed by atoms with Crippen LogP contribution in [-0.2, 0) is 15.7 Å². The molecular weight excluding hydrogens is 679 g/mol. The minimum absolute atomic E-state index is 0.000198. The van der Waals surface area contributed by atoms with E-state index in [9.17, 15) is 22.8 Å². The van der Waals surface area contributed by atoms with Gasteiger partial charge in [-0.25, -0.2) is 14.8 Å². The molecule has 51 heavy (non-hydrogen) atoms. The first-order valence-corrected chi connectivity index (χ1v) is 16.7. The molecule has 14 nitrogen and oxygen atoms in total. The smallest absolute Gasteiger partial charge is 0.416 e. The van der Waals surface area contributed by atoms with Crippen LogP contribution in [0.2, 0.25) is 0 Å². The lowest BCUT2D eigenvalue weighted by Crippen LogP contribution is -2.62. The molecule has 6 atom stereocenters. The van der Waals surface area contributed by atoms with Gasteiger partial charge in [0.1, 0.15) is 24.6 Å². The Bertz CT molecular complexity index is 1420. The van der Waals surface area contributed by atoms with E-state index in [0.29, 0.717) is 36.6 Å². The van der Waals surface area contributed by atoms with E-state index in [-0.39, 0.29) is 23.5 Å². The van der Waals surface area contributed by atoms with Crippen LogP contribution in [0.15, 0.2) is 30.6 Å². The molecular formula is C34H50F3N5O9. The average molecular weight is 730 g/mol. The fourth-order valence-electron chi connectivity index (χ4n) is 6.60. The van der Waals surface area contributed by atoms with Gasteiger partial charge in [0.05, 0.1) is 41.8 Å². The number of hydrogen-bond acceptors (Lipinski definition) is 12. The van der Waals surface area contributed by atoms with Gasteiger partial charge >= 0.3 is 12.1 Å². The van der Waals surface area contributed by atoms with Crippen molar-refractivity contribution in [2.24, 2.45) is 0 Å². The minimum atomic E-state index is -4.35. The van der Waals surface area contributed by atoms with Crippen molar-refractivity contribution < 1.29 is 58.1 Å². The molecule has 2 aliphatic heterocycles. The van der Waals surface area contributed by atoms with Crippen LogP contribution in [0, 0.1) is 13.8 Å². The number of halogens is 3. The van der Waals surface area contributed by atoms with Gasteiger partial charge in [-0.3, -0.25) is 14.6 Å². The number of benzene rings is 1. The number of carboxylic acid groups (broad SMARTS) is 1. The highest BCUT2D eigenvalue weighted by atomic mass is 19.4. The number of piperidine rings is 1. The topological polar surface area (TPSA) is 200 Å². The SMILES string of the molecule is COC[C@@H](c1ccc(C(F)(F)F)cc1)N1CCN(C2(C)CCN(C(=O)c3c(C)ncnc3C)CC2)C[C@@H]1C.O=C(O)C(O)C(O)C(O)C(O)CO. The summed E-state index contributed by atoms with van der Waals surface area (Å²) < 4.78 is 44.7. The normalized spacial score (nSPS) is 21.5.